The molecule has 0 spiro atoms. The molecule has 1 atom stereocenters. The van der Waals surface area contributed by atoms with Gasteiger partial charge in [0.25, 0.3) is 5.91 Å². The summed E-state index contributed by atoms with van der Waals surface area (Å²) in [6.07, 6.45) is 1.51. The fourth-order valence-electron chi connectivity index (χ4n) is 2.70. The summed E-state index contributed by atoms with van der Waals surface area (Å²) in [5.41, 5.74) is 5.72. The van der Waals surface area contributed by atoms with Gasteiger partial charge >= 0.3 is 5.97 Å². The van der Waals surface area contributed by atoms with E-state index in [-0.39, 0.29) is 23.5 Å². The largest absolute Gasteiger partial charge is 0.466 e. The summed E-state index contributed by atoms with van der Waals surface area (Å²) in [5, 5.41) is 0. The van der Waals surface area contributed by atoms with Gasteiger partial charge in [0.2, 0.25) is 5.91 Å². The summed E-state index contributed by atoms with van der Waals surface area (Å²) < 4.78 is 5.07. The minimum absolute atomic E-state index is 0.121. The third-order valence-corrected chi connectivity index (χ3v) is 4.91. The lowest BCUT2D eigenvalue weighted by Gasteiger charge is -2.32. The number of carbonyl (C=O) groups excluding carboxylic acids is 3. The molecule has 24 heavy (non-hydrogen) atoms. The summed E-state index contributed by atoms with van der Waals surface area (Å²) in [4.78, 5) is 38.2. The normalized spacial score (nSPS) is 17.4. The van der Waals surface area contributed by atoms with Gasteiger partial charge in [0.15, 0.2) is 0 Å². The standard InChI is InChI=1S/C17H22N2O4S/c1-2-23-17(22)12-6-5-9-19(10-12)16(21)13-7-3-4-8-14(13)24-11-15(18)20/h3-4,7-8,12H,2,5-6,9-11H2,1H3,(H2,18,20). The Morgan fingerprint density at radius 3 is 2.79 bits per heavy atom. The van der Waals surface area contributed by atoms with Crippen molar-refractivity contribution in [3.05, 3.63) is 29.8 Å². The van der Waals surface area contributed by atoms with Gasteiger partial charge in [-0.25, -0.2) is 0 Å². The van der Waals surface area contributed by atoms with Crippen molar-refractivity contribution in [1.29, 1.82) is 0 Å². The first-order valence-corrected chi connectivity index (χ1v) is 8.97. The minimum Gasteiger partial charge on any atom is -0.466 e. The highest BCUT2D eigenvalue weighted by molar-refractivity contribution is 8.00. The van der Waals surface area contributed by atoms with Gasteiger partial charge in [-0.05, 0) is 31.9 Å². The molecule has 2 rings (SSSR count). The van der Waals surface area contributed by atoms with Crippen molar-refractivity contribution >= 4 is 29.5 Å². The van der Waals surface area contributed by atoms with Crippen molar-refractivity contribution in [2.45, 2.75) is 24.7 Å². The van der Waals surface area contributed by atoms with Crippen LogP contribution < -0.4 is 5.73 Å². The van der Waals surface area contributed by atoms with E-state index in [2.05, 4.69) is 0 Å². The van der Waals surface area contributed by atoms with Crippen LogP contribution in [0.3, 0.4) is 0 Å². The van der Waals surface area contributed by atoms with Crippen molar-refractivity contribution in [3.8, 4) is 0 Å². The second kappa shape index (κ2) is 8.73. The van der Waals surface area contributed by atoms with E-state index in [9.17, 15) is 14.4 Å². The molecule has 0 aliphatic carbocycles. The van der Waals surface area contributed by atoms with Gasteiger partial charge in [0, 0.05) is 18.0 Å². The van der Waals surface area contributed by atoms with E-state index in [1.54, 1.807) is 30.0 Å². The molecular weight excluding hydrogens is 328 g/mol. The van der Waals surface area contributed by atoms with Crippen molar-refractivity contribution in [2.24, 2.45) is 11.7 Å². The van der Waals surface area contributed by atoms with Gasteiger partial charge in [-0.2, -0.15) is 0 Å². The van der Waals surface area contributed by atoms with Crippen LogP contribution in [0.2, 0.25) is 0 Å². The molecule has 0 bridgehead atoms. The molecule has 0 saturated carbocycles. The lowest BCUT2D eigenvalue weighted by molar-refractivity contribution is -0.149. The van der Waals surface area contributed by atoms with Crippen molar-refractivity contribution in [3.63, 3.8) is 0 Å². The predicted octanol–water partition coefficient (Wildman–Crippen LogP) is 1.68. The molecule has 6 nitrogen and oxygen atoms in total. The quantitative estimate of drug-likeness (QED) is 0.623. The molecular formula is C17H22N2O4S. The highest BCUT2D eigenvalue weighted by Gasteiger charge is 2.30. The topological polar surface area (TPSA) is 89.7 Å². The number of benzene rings is 1. The maximum Gasteiger partial charge on any atom is 0.310 e. The van der Waals surface area contributed by atoms with Crippen molar-refractivity contribution < 1.29 is 19.1 Å². The number of primary amides is 1. The zero-order valence-electron chi connectivity index (χ0n) is 13.7. The summed E-state index contributed by atoms with van der Waals surface area (Å²) in [6, 6.07) is 7.14. The van der Waals surface area contributed by atoms with E-state index >= 15 is 0 Å². The van der Waals surface area contributed by atoms with Crippen LogP contribution >= 0.6 is 11.8 Å². The lowest BCUT2D eigenvalue weighted by atomic mass is 9.97. The molecule has 1 saturated heterocycles. The number of esters is 1. The molecule has 1 aromatic rings. The number of likely N-dealkylation sites (tertiary alicyclic amines) is 1. The number of nitrogens with zero attached hydrogens (tertiary/aromatic N) is 1. The molecule has 1 heterocycles. The monoisotopic (exact) mass is 350 g/mol. The van der Waals surface area contributed by atoms with Crippen molar-refractivity contribution in [2.75, 3.05) is 25.4 Å². The SMILES string of the molecule is CCOC(=O)C1CCCN(C(=O)c2ccccc2SCC(N)=O)C1. The first kappa shape index (κ1) is 18.3. The van der Waals surface area contributed by atoms with Gasteiger partial charge in [-0.15, -0.1) is 11.8 Å². The molecule has 7 heteroatoms. The molecule has 1 aliphatic rings. The molecule has 2 amide bonds. The molecule has 1 aromatic carbocycles. The van der Waals surface area contributed by atoms with Gasteiger partial charge in [-0.1, -0.05) is 12.1 Å². The van der Waals surface area contributed by atoms with Crippen LogP contribution in [0.25, 0.3) is 0 Å². The Balaban J connectivity index is 2.10. The van der Waals surface area contributed by atoms with Crippen LogP contribution in [-0.4, -0.2) is 48.1 Å². The first-order valence-electron chi connectivity index (χ1n) is 7.99. The lowest BCUT2D eigenvalue weighted by Crippen LogP contribution is -2.43. The number of thioether (sulfide) groups is 1. The van der Waals surface area contributed by atoms with E-state index in [0.717, 1.165) is 17.7 Å². The first-order chi connectivity index (χ1) is 11.5. The Morgan fingerprint density at radius 2 is 2.08 bits per heavy atom. The van der Waals surface area contributed by atoms with E-state index in [1.807, 2.05) is 6.07 Å². The van der Waals surface area contributed by atoms with E-state index in [0.29, 0.717) is 25.3 Å². The van der Waals surface area contributed by atoms with Crippen LogP contribution in [0, 0.1) is 5.92 Å². The zero-order chi connectivity index (χ0) is 17.5. The Kier molecular flexibility index (Phi) is 6.66. The zero-order valence-corrected chi connectivity index (χ0v) is 14.5. The Labute approximate surface area is 145 Å². The number of amides is 2. The number of piperidine rings is 1. The minimum atomic E-state index is -0.428. The van der Waals surface area contributed by atoms with Crippen LogP contribution in [-0.2, 0) is 14.3 Å². The van der Waals surface area contributed by atoms with Crippen LogP contribution in [0.1, 0.15) is 30.1 Å². The van der Waals surface area contributed by atoms with Gasteiger partial charge in [-0.3, -0.25) is 14.4 Å². The number of rotatable bonds is 6. The fourth-order valence-corrected chi connectivity index (χ4v) is 3.49. The third kappa shape index (κ3) is 4.74. The van der Waals surface area contributed by atoms with Crippen LogP contribution in [0.15, 0.2) is 29.2 Å². The number of hydrogen-bond donors (Lipinski definition) is 1. The molecule has 130 valence electrons. The predicted molar refractivity (Wildman–Crippen MR) is 91.6 cm³/mol. The number of nitrogens with two attached hydrogens (primary N) is 1. The maximum atomic E-state index is 12.8. The van der Waals surface area contributed by atoms with Gasteiger partial charge < -0.3 is 15.4 Å². The third-order valence-electron chi connectivity index (χ3n) is 3.82. The molecule has 1 unspecified atom stereocenters. The second-order valence-corrected chi connectivity index (χ2v) is 6.61. The molecule has 2 N–H and O–H groups in total. The van der Waals surface area contributed by atoms with E-state index < -0.39 is 5.91 Å². The van der Waals surface area contributed by atoms with Gasteiger partial charge in [0.05, 0.1) is 23.8 Å². The molecule has 1 aliphatic heterocycles. The average Bonchev–Trinajstić information content (AvgIpc) is 2.60. The summed E-state index contributed by atoms with van der Waals surface area (Å²) >= 11 is 1.25. The summed E-state index contributed by atoms with van der Waals surface area (Å²) in [6.45, 7) is 3.10. The Hall–Kier alpha value is -2.02. The number of carbonyl (C=O) groups is 3. The highest BCUT2D eigenvalue weighted by atomic mass is 32.2. The van der Waals surface area contributed by atoms with Crippen LogP contribution in [0.4, 0.5) is 0 Å². The van der Waals surface area contributed by atoms with Crippen LogP contribution in [0.5, 0.6) is 0 Å². The summed E-state index contributed by atoms with van der Waals surface area (Å²) in [5.74, 6) is -0.950. The Morgan fingerprint density at radius 1 is 1.33 bits per heavy atom. The molecule has 0 radical (unpaired) electrons. The highest BCUT2D eigenvalue weighted by Crippen LogP contribution is 2.26. The average molecular weight is 350 g/mol. The van der Waals surface area contributed by atoms with E-state index in [1.165, 1.54) is 11.8 Å². The fraction of sp³-hybridized carbons (Fsp3) is 0.471. The summed E-state index contributed by atoms with van der Waals surface area (Å²) in [7, 11) is 0. The number of ether oxygens (including phenoxy) is 1. The van der Waals surface area contributed by atoms with E-state index in [4.69, 9.17) is 10.5 Å². The maximum absolute atomic E-state index is 12.8. The van der Waals surface area contributed by atoms with Crippen molar-refractivity contribution in [1.82, 2.24) is 4.90 Å². The Bertz CT molecular complexity index is 620. The number of hydrogen-bond acceptors (Lipinski definition) is 5. The molecule has 0 aromatic heterocycles. The second-order valence-electron chi connectivity index (χ2n) is 5.59. The van der Waals surface area contributed by atoms with Gasteiger partial charge in [0.1, 0.15) is 0 Å². The smallest absolute Gasteiger partial charge is 0.310 e. The molecule has 1 fully saturated rings.